The minimum Gasteiger partial charge on any atom is -0.744 e. The lowest BCUT2D eigenvalue weighted by atomic mass is 9.99. The molecule has 3 aromatic rings. The molecule has 0 heterocycles. The smallest absolute Gasteiger partial charge is 0.125 e. The van der Waals surface area contributed by atoms with Crippen LogP contribution in [0.2, 0.25) is 0 Å². The van der Waals surface area contributed by atoms with Crippen molar-refractivity contribution < 1.29 is 27.6 Å². The van der Waals surface area contributed by atoms with Gasteiger partial charge in [0.2, 0.25) is 0 Å². The standard InChI is InChI=1S/C20H18O6S2/c1-13-3-7-15(8-4-13)17-12-20(28(22,23)24)18(11-19(17)27-26-25-21)16-9-5-14(2)6-10-16/h3-12,21H,1-2H3,(H,22,23,24)/p-2. The maximum absolute atomic E-state index is 12.0. The van der Waals surface area contributed by atoms with Gasteiger partial charge in [0.05, 0.1) is 16.9 Å². The highest BCUT2D eigenvalue weighted by atomic mass is 32.2. The van der Waals surface area contributed by atoms with Crippen LogP contribution >= 0.6 is 12.0 Å². The molecule has 3 rings (SSSR count). The Kier molecular flexibility index (Phi) is 6.19. The summed E-state index contributed by atoms with van der Waals surface area (Å²) < 4.78 is 40.4. The van der Waals surface area contributed by atoms with Crippen molar-refractivity contribution >= 4 is 22.2 Å². The largest absolute Gasteiger partial charge is 0.744 e. The molecule has 0 aliphatic heterocycles. The second kappa shape index (κ2) is 8.44. The maximum Gasteiger partial charge on any atom is 0.125 e. The van der Waals surface area contributed by atoms with Crippen molar-refractivity contribution in [2.24, 2.45) is 0 Å². The molecule has 0 aromatic heterocycles. The van der Waals surface area contributed by atoms with E-state index in [0.29, 0.717) is 33.6 Å². The van der Waals surface area contributed by atoms with Gasteiger partial charge in [0.1, 0.15) is 10.1 Å². The van der Waals surface area contributed by atoms with E-state index in [0.717, 1.165) is 11.1 Å². The van der Waals surface area contributed by atoms with Gasteiger partial charge in [-0.3, -0.25) is 5.04 Å². The van der Waals surface area contributed by atoms with E-state index in [2.05, 4.69) is 9.37 Å². The maximum atomic E-state index is 12.0. The van der Waals surface area contributed by atoms with Gasteiger partial charge in [0.15, 0.2) is 0 Å². The van der Waals surface area contributed by atoms with Gasteiger partial charge in [-0.05, 0) is 42.7 Å². The molecule has 0 aliphatic carbocycles. The van der Waals surface area contributed by atoms with Crippen LogP contribution < -0.4 is 5.26 Å². The summed E-state index contributed by atoms with van der Waals surface area (Å²) >= 11 is 0.646. The van der Waals surface area contributed by atoms with Crippen LogP contribution in [-0.2, 0) is 19.5 Å². The molecule has 0 radical (unpaired) electrons. The summed E-state index contributed by atoms with van der Waals surface area (Å²) in [6.45, 7) is 3.82. The molecule has 0 unspecified atom stereocenters. The first-order valence-electron chi connectivity index (χ1n) is 8.21. The van der Waals surface area contributed by atoms with E-state index in [-0.39, 0.29) is 10.5 Å². The number of rotatable bonds is 6. The zero-order chi connectivity index (χ0) is 20.3. The molecule has 0 spiro atoms. The fourth-order valence-corrected chi connectivity index (χ4v) is 4.05. The Labute approximate surface area is 167 Å². The van der Waals surface area contributed by atoms with Crippen molar-refractivity contribution in [1.82, 2.24) is 0 Å². The molecule has 0 aliphatic rings. The minimum absolute atomic E-state index is 0.225. The van der Waals surface area contributed by atoms with Crippen LogP contribution in [0.1, 0.15) is 11.1 Å². The molecule has 28 heavy (non-hydrogen) atoms. The van der Waals surface area contributed by atoms with Crippen molar-refractivity contribution in [3.05, 3.63) is 71.8 Å². The molecular weight excluding hydrogens is 400 g/mol. The summed E-state index contributed by atoms with van der Waals surface area (Å²) in [6, 6.07) is 17.2. The van der Waals surface area contributed by atoms with Crippen molar-refractivity contribution in [2.45, 2.75) is 23.6 Å². The SMILES string of the molecule is Cc1ccc(-c2cc(S(=O)(=O)[O-])c(-c3ccc(C)cc3)cc2SOO[O-])cc1. The Balaban J connectivity index is 2.28. The highest BCUT2D eigenvalue weighted by molar-refractivity contribution is 7.94. The second-order valence-corrected chi connectivity index (χ2v) is 8.34. The monoisotopic (exact) mass is 416 g/mol. The first kappa shape index (κ1) is 20.5. The first-order valence-corrected chi connectivity index (χ1v) is 10.4. The lowest BCUT2D eigenvalue weighted by molar-refractivity contribution is -0.777. The van der Waals surface area contributed by atoms with Crippen LogP contribution in [0.5, 0.6) is 0 Å². The summed E-state index contributed by atoms with van der Waals surface area (Å²) in [5.41, 5.74) is 3.90. The molecular formula is C20H16O6S2-2. The Morgan fingerprint density at radius 2 is 1.32 bits per heavy atom. The number of hydrogen-bond donors (Lipinski definition) is 0. The Bertz CT molecular complexity index is 1070. The third-order valence-electron chi connectivity index (χ3n) is 4.23. The topological polar surface area (TPSA) is 98.7 Å². The van der Waals surface area contributed by atoms with Crippen molar-refractivity contribution in [1.29, 1.82) is 0 Å². The Morgan fingerprint density at radius 3 is 1.79 bits per heavy atom. The van der Waals surface area contributed by atoms with Crippen molar-refractivity contribution in [3.8, 4) is 22.3 Å². The molecule has 6 nitrogen and oxygen atoms in total. The molecule has 0 atom stereocenters. The molecule has 0 saturated carbocycles. The normalized spacial score (nSPS) is 11.6. The van der Waals surface area contributed by atoms with Crippen LogP contribution in [0.25, 0.3) is 22.3 Å². The Morgan fingerprint density at radius 1 is 0.821 bits per heavy atom. The van der Waals surface area contributed by atoms with Crippen LogP contribution in [0.4, 0.5) is 0 Å². The lowest BCUT2D eigenvalue weighted by Gasteiger charge is -2.18. The van der Waals surface area contributed by atoms with E-state index in [1.807, 2.05) is 38.1 Å². The molecule has 0 bridgehead atoms. The molecule has 0 amide bonds. The van der Waals surface area contributed by atoms with Crippen LogP contribution in [0, 0.1) is 13.8 Å². The summed E-state index contributed by atoms with van der Waals surface area (Å²) in [4.78, 5) is 0.0852. The van der Waals surface area contributed by atoms with Gasteiger partial charge in [0, 0.05) is 10.5 Å². The zero-order valence-electron chi connectivity index (χ0n) is 15.0. The molecule has 3 aromatic carbocycles. The van der Waals surface area contributed by atoms with Gasteiger partial charge in [-0.15, -0.1) is 0 Å². The third-order valence-corrected chi connectivity index (χ3v) is 5.75. The van der Waals surface area contributed by atoms with E-state index in [4.69, 9.17) is 0 Å². The second-order valence-electron chi connectivity index (χ2n) is 6.25. The van der Waals surface area contributed by atoms with E-state index in [1.54, 1.807) is 24.3 Å². The quantitative estimate of drug-likeness (QED) is 0.261. The van der Waals surface area contributed by atoms with Crippen LogP contribution in [0.3, 0.4) is 0 Å². The molecule has 8 heteroatoms. The average molecular weight is 416 g/mol. The van der Waals surface area contributed by atoms with Gasteiger partial charge in [0.25, 0.3) is 0 Å². The highest BCUT2D eigenvalue weighted by Crippen LogP contribution is 2.39. The summed E-state index contributed by atoms with van der Waals surface area (Å²) in [5, 5.41) is 13.8. The fraction of sp³-hybridized carbons (Fsp3) is 0.100. The van der Waals surface area contributed by atoms with E-state index in [1.165, 1.54) is 12.1 Å². The minimum atomic E-state index is -4.76. The van der Waals surface area contributed by atoms with Gasteiger partial charge >= 0.3 is 0 Å². The zero-order valence-corrected chi connectivity index (χ0v) is 16.7. The van der Waals surface area contributed by atoms with Crippen LogP contribution in [0.15, 0.2) is 70.5 Å². The predicted octanol–water partition coefficient (Wildman–Crippen LogP) is 3.77. The van der Waals surface area contributed by atoms with Crippen molar-refractivity contribution in [3.63, 3.8) is 0 Å². The van der Waals surface area contributed by atoms with Crippen LogP contribution in [-0.4, -0.2) is 13.0 Å². The summed E-state index contributed by atoms with van der Waals surface area (Å²) in [7, 11) is -4.76. The van der Waals surface area contributed by atoms with E-state index >= 15 is 0 Å². The third kappa shape index (κ3) is 4.61. The Hall–Kier alpha value is -2.20. The summed E-state index contributed by atoms with van der Waals surface area (Å²) in [5.74, 6) is 0. The van der Waals surface area contributed by atoms with Gasteiger partial charge in [-0.1, -0.05) is 59.7 Å². The van der Waals surface area contributed by atoms with E-state index in [9.17, 15) is 18.2 Å². The summed E-state index contributed by atoms with van der Waals surface area (Å²) in [6.07, 6.45) is 0. The van der Waals surface area contributed by atoms with Crippen molar-refractivity contribution in [2.75, 3.05) is 0 Å². The highest BCUT2D eigenvalue weighted by Gasteiger charge is 2.18. The first-order chi connectivity index (χ1) is 13.3. The molecule has 0 fully saturated rings. The van der Waals surface area contributed by atoms with Gasteiger partial charge < -0.3 is 9.81 Å². The van der Waals surface area contributed by atoms with Gasteiger partial charge in [-0.25, -0.2) is 8.42 Å². The number of benzene rings is 3. The van der Waals surface area contributed by atoms with Gasteiger partial charge in [-0.2, -0.15) is 4.33 Å². The predicted molar refractivity (Wildman–Crippen MR) is 103 cm³/mol. The average Bonchev–Trinajstić information content (AvgIpc) is 2.66. The molecule has 0 saturated heterocycles. The molecule has 146 valence electrons. The molecule has 0 N–H and O–H groups in total. The fourth-order valence-electron chi connectivity index (χ4n) is 2.80. The number of hydrogen-bond acceptors (Lipinski definition) is 7. The number of aryl methyl sites for hydroxylation is 2. The lowest BCUT2D eigenvalue weighted by Crippen LogP contribution is -2.04. The van der Waals surface area contributed by atoms with E-state index < -0.39 is 10.1 Å².